The summed E-state index contributed by atoms with van der Waals surface area (Å²) in [5.74, 6) is -0.148. The van der Waals surface area contributed by atoms with Crippen LogP contribution in [0.25, 0.3) is 22.4 Å². The first-order chi connectivity index (χ1) is 19.2. The number of carbonyl (C=O) groups excluding carboxylic acids is 1. The summed E-state index contributed by atoms with van der Waals surface area (Å²) >= 11 is 0. The van der Waals surface area contributed by atoms with Gasteiger partial charge < -0.3 is 14.7 Å². The number of aliphatic hydroxyl groups is 1. The Morgan fingerprint density at radius 2 is 1.80 bits per heavy atom. The van der Waals surface area contributed by atoms with Gasteiger partial charge in [0.05, 0.1) is 41.3 Å². The van der Waals surface area contributed by atoms with Gasteiger partial charge in [0.2, 0.25) is 0 Å². The number of aliphatic hydroxyl groups excluding tert-OH is 1. The second-order valence-corrected chi connectivity index (χ2v) is 13.3. The van der Waals surface area contributed by atoms with Crippen molar-refractivity contribution in [2.24, 2.45) is 0 Å². The Kier molecular flexibility index (Phi) is 8.15. The maximum Gasteiger partial charge on any atom is 0.272 e. The predicted octanol–water partition coefficient (Wildman–Crippen LogP) is 4.46. The highest BCUT2D eigenvalue weighted by molar-refractivity contribution is 7.84. The second kappa shape index (κ2) is 11.6. The summed E-state index contributed by atoms with van der Waals surface area (Å²) in [5, 5.41) is 19.2. The van der Waals surface area contributed by atoms with Gasteiger partial charge in [0.25, 0.3) is 5.91 Å². The molecule has 2 aliphatic rings. The van der Waals surface area contributed by atoms with E-state index in [9.17, 15) is 19.4 Å². The van der Waals surface area contributed by atoms with Gasteiger partial charge in [-0.3, -0.25) is 4.79 Å². The number of benzene rings is 2. The fourth-order valence-corrected chi connectivity index (χ4v) is 6.71. The molecular formula is C31H34N4O4S. The first-order valence-electron chi connectivity index (χ1n) is 13.5. The fraction of sp³-hybridized carbons (Fsp3) is 0.387. The summed E-state index contributed by atoms with van der Waals surface area (Å²) in [6, 6.07) is 19.0. The maximum absolute atomic E-state index is 13.6. The highest BCUT2D eigenvalue weighted by Crippen LogP contribution is 2.44. The molecule has 0 radical (unpaired) electrons. The zero-order chi connectivity index (χ0) is 28.4. The van der Waals surface area contributed by atoms with Crippen molar-refractivity contribution in [3.63, 3.8) is 0 Å². The number of pyridine rings is 1. The van der Waals surface area contributed by atoms with Crippen LogP contribution in [0.1, 0.15) is 60.4 Å². The number of nitriles is 1. The maximum atomic E-state index is 13.6. The van der Waals surface area contributed by atoms with Gasteiger partial charge in [0.1, 0.15) is 16.7 Å². The smallest absolute Gasteiger partial charge is 0.272 e. The Labute approximate surface area is 237 Å². The molecule has 1 saturated heterocycles. The minimum atomic E-state index is -1.34. The van der Waals surface area contributed by atoms with E-state index in [1.54, 1.807) is 17.0 Å². The van der Waals surface area contributed by atoms with Crippen molar-refractivity contribution in [1.82, 2.24) is 14.2 Å². The number of nitrogens with zero attached hydrogens (tertiary/aromatic N) is 4. The average molecular weight is 559 g/mol. The zero-order valence-corrected chi connectivity index (χ0v) is 23.9. The molecule has 2 aliphatic heterocycles. The van der Waals surface area contributed by atoms with Crippen LogP contribution in [-0.2, 0) is 22.3 Å². The number of hydrogen-bond acceptors (Lipinski definition) is 6. The van der Waals surface area contributed by atoms with Gasteiger partial charge in [0.15, 0.2) is 0 Å². The third-order valence-corrected chi connectivity index (χ3v) is 9.15. The largest absolute Gasteiger partial charge is 0.396 e. The van der Waals surface area contributed by atoms with E-state index in [-0.39, 0.29) is 18.6 Å². The average Bonchev–Trinajstić information content (AvgIpc) is 3.34. The third kappa shape index (κ3) is 5.58. The van der Waals surface area contributed by atoms with Crippen LogP contribution in [0.2, 0.25) is 0 Å². The van der Waals surface area contributed by atoms with Crippen molar-refractivity contribution in [1.29, 1.82) is 5.26 Å². The molecule has 5 rings (SSSR count). The minimum absolute atomic E-state index is 0.0683. The molecule has 8 nitrogen and oxygen atoms in total. The van der Waals surface area contributed by atoms with E-state index >= 15 is 0 Å². The summed E-state index contributed by atoms with van der Waals surface area (Å²) in [5.41, 5.74) is 6.16. The highest BCUT2D eigenvalue weighted by Gasteiger charge is 2.40. The molecule has 2 aromatic carbocycles. The van der Waals surface area contributed by atoms with Gasteiger partial charge in [-0.05, 0) is 68.1 Å². The van der Waals surface area contributed by atoms with E-state index in [0.29, 0.717) is 56.2 Å². The molecule has 0 spiro atoms. The van der Waals surface area contributed by atoms with Crippen LogP contribution in [0.15, 0.2) is 54.6 Å². The van der Waals surface area contributed by atoms with Crippen molar-refractivity contribution in [3.05, 3.63) is 77.0 Å². The van der Waals surface area contributed by atoms with Crippen molar-refractivity contribution in [2.45, 2.75) is 44.5 Å². The Morgan fingerprint density at radius 3 is 2.45 bits per heavy atom. The number of amides is 1. The number of rotatable bonds is 6. The standard InChI is InChI=1S/C31H34N4O4S/c1-31(2,3)40(38)35-20-25-18-26(30(37)34-12-15-39-16-13-34)33-29(28(25)27(35)11-14-36)24-6-4-5-23(17-24)22-9-7-21(19-32)8-10-22/h4-10,17-18,27,36H,11-16,20H2,1-3H3/t27-,40-/m1/s1. The number of morpholine rings is 1. The fourth-order valence-electron chi connectivity index (χ4n) is 5.31. The number of hydrogen-bond donors (Lipinski definition) is 1. The molecule has 2 atom stereocenters. The monoisotopic (exact) mass is 558 g/mol. The van der Waals surface area contributed by atoms with Crippen molar-refractivity contribution in [2.75, 3.05) is 32.9 Å². The topological polar surface area (TPSA) is 107 Å². The highest BCUT2D eigenvalue weighted by atomic mass is 32.2. The molecule has 0 aliphatic carbocycles. The molecule has 1 N–H and O–H groups in total. The van der Waals surface area contributed by atoms with E-state index < -0.39 is 15.7 Å². The number of ether oxygens (including phenoxy) is 1. The Hall–Kier alpha value is -3.42. The van der Waals surface area contributed by atoms with E-state index in [4.69, 9.17) is 9.72 Å². The van der Waals surface area contributed by atoms with Crippen LogP contribution in [0.3, 0.4) is 0 Å². The summed E-state index contributed by atoms with van der Waals surface area (Å²) in [7, 11) is -1.34. The number of aromatic nitrogens is 1. The third-order valence-electron chi connectivity index (χ3n) is 7.29. The minimum Gasteiger partial charge on any atom is -0.396 e. The van der Waals surface area contributed by atoms with Crippen LogP contribution in [0.5, 0.6) is 0 Å². The first kappa shape index (κ1) is 28.1. The molecule has 3 aromatic rings. The summed E-state index contributed by atoms with van der Waals surface area (Å²) in [6.45, 7) is 8.16. The Morgan fingerprint density at radius 1 is 1.10 bits per heavy atom. The summed E-state index contributed by atoms with van der Waals surface area (Å²) in [6.07, 6.45) is 0.398. The Bertz CT molecular complexity index is 1470. The van der Waals surface area contributed by atoms with Gasteiger partial charge in [-0.15, -0.1) is 0 Å². The normalized spacial score (nSPS) is 18.3. The van der Waals surface area contributed by atoms with Crippen LogP contribution in [0, 0.1) is 11.3 Å². The predicted molar refractivity (Wildman–Crippen MR) is 154 cm³/mol. The van der Waals surface area contributed by atoms with Gasteiger partial charge in [0, 0.05) is 37.4 Å². The van der Waals surface area contributed by atoms with Crippen LogP contribution >= 0.6 is 0 Å². The van der Waals surface area contributed by atoms with E-state index in [1.807, 2.05) is 67.5 Å². The Balaban J connectivity index is 1.65. The van der Waals surface area contributed by atoms with E-state index in [0.717, 1.165) is 27.8 Å². The van der Waals surface area contributed by atoms with Crippen molar-refractivity contribution in [3.8, 4) is 28.5 Å². The molecule has 1 fully saturated rings. The van der Waals surface area contributed by atoms with E-state index in [2.05, 4.69) is 6.07 Å². The molecule has 0 unspecified atom stereocenters. The second-order valence-electron chi connectivity index (χ2n) is 11.1. The summed E-state index contributed by atoms with van der Waals surface area (Å²) < 4.78 is 20.5. The lowest BCUT2D eigenvalue weighted by Crippen LogP contribution is -2.41. The molecule has 1 aromatic heterocycles. The van der Waals surface area contributed by atoms with Crippen LogP contribution in [-0.4, -0.2) is 67.1 Å². The van der Waals surface area contributed by atoms with Crippen LogP contribution in [0.4, 0.5) is 0 Å². The molecule has 0 bridgehead atoms. The lowest BCUT2D eigenvalue weighted by Gasteiger charge is -2.30. The zero-order valence-electron chi connectivity index (χ0n) is 23.1. The molecular weight excluding hydrogens is 524 g/mol. The van der Waals surface area contributed by atoms with Gasteiger partial charge in [-0.1, -0.05) is 30.3 Å². The lowest BCUT2D eigenvalue weighted by atomic mass is 9.94. The van der Waals surface area contributed by atoms with Gasteiger partial charge >= 0.3 is 0 Å². The molecule has 208 valence electrons. The first-order valence-corrected chi connectivity index (χ1v) is 14.6. The molecule has 40 heavy (non-hydrogen) atoms. The number of fused-ring (bicyclic) bond motifs is 1. The van der Waals surface area contributed by atoms with Crippen molar-refractivity contribution >= 4 is 16.9 Å². The van der Waals surface area contributed by atoms with Gasteiger partial charge in [-0.25, -0.2) is 13.5 Å². The van der Waals surface area contributed by atoms with Gasteiger partial charge in [-0.2, -0.15) is 5.26 Å². The molecule has 1 amide bonds. The lowest BCUT2D eigenvalue weighted by molar-refractivity contribution is 0.0299. The number of carbonyl (C=O) groups is 1. The van der Waals surface area contributed by atoms with Crippen molar-refractivity contribution < 1.29 is 18.8 Å². The van der Waals surface area contributed by atoms with Crippen LogP contribution < -0.4 is 0 Å². The molecule has 0 saturated carbocycles. The van der Waals surface area contributed by atoms with E-state index in [1.165, 1.54) is 0 Å². The SMILES string of the molecule is CC(C)(C)[S@@](=O)N1Cc2cc(C(=O)N3CCOCC3)nc(-c3cccc(-c4ccc(C#N)cc4)c3)c2[C@H]1CCO. The summed E-state index contributed by atoms with van der Waals surface area (Å²) in [4.78, 5) is 20.3. The molecule has 3 heterocycles. The molecule has 9 heteroatoms. The quantitative estimate of drug-likeness (QED) is 0.479.